The Morgan fingerprint density at radius 2 is 2.12 bits per heavy atom. The fraction of sp³-hybridized carbons (Fsp3) is 0.231. The van der Waals surface area contributed by atoms with Gasteiger partial charge in [-0.2, -0.15) is 0 Å². The first-order valence-electron chi connectivity index (χ1n) is 5.28. The topological polar surface area (TPSA) is 37.3 Å². The van der Waals surface area contributed by atoms with E-state index in [1.807, 2.05) is 41.8 Å². The van der Waals surface area contributed by atoms with Gasteiger partial charge in [-0.05, 0) is 17.4 Å². The van der Waals surface area contributed by atoms with Crippen LogP contribution in [-0.4, -0.2) is 20.7 Å². The number of thiocarbonyl (C=S) groups is 1. The van der Waals surface area contributed by atoms with Crippen molar-refractivity contribution in [2.75, 3.05) is 0 Å². The average molecular weight is 264 g/mol. The number of benzene rings is 1. The lowest BCUT2D eigenvalue weighted by Crippen LogP contribution is -2.34. The molecule has 0 aliphatic carbocycles. The van der Waals surface area contributed by atoms with E-state index in [9.17, 15) is 4.79 Å². The molecular formula is C13H12O2S2. The van der Waals surface area contributed by atoms with Crippen molar-refractivity contribution < 1.29 is 9.90 Å². The summed E-state index contributed by atoms with van der Waals surface area (Å²) in [4.78, 5) is 11.7. The number of carboxylic acid groups (broad SMARTS) is 1. The summed E-state index contributed by atoms with van der Waals surface area (Å²) in [6.45, 7) is 0. The molecule has 0 saturated carbocycles. The molecule has 2 rings (SSSR count). The molecule has 0 aromatic heterocycles. The molecular weight excluding hydrogens is 252 g/mol. The summed E-state index contributed by atoms with van der Waals surface area (Å²) in [6.07, 6.45) is 2.75. The third-order valence-corrected chi connectivity index (χ3v) is 4.77. The monoisotopic (exact) mass is 264 g/mol. The first kappa shape index (κ1) is 12.3. The predicted molar refractivity (Wildman–Crippen MR) is 74.5 cm³/mol. The van der Waals surface area contributed by atoms with Gasteiger partial charge in [0, 0.05) is 4.86 Å². The largest absolute Gasteiger partial charge is 0.481 e. The highest BCUT2D eigenvalue weighted by Gasteiger charge is 2.39. The van der Waals surface area contributed by atoms with Crippen molar-refractivity contribution in [1.29, 1.82) is 0 Å². The van der Waals surface area contributed by atoms with Crippen LogP contribution in [-0.2, 0) is 4.79 Å². The van der Waals surface area contributed by atoms with E-state index in [0.717, 1.165) is 10.4 Å². The maximum atomic E-state index is 11.0. The van der Waals surface area contributed by atoms with Crippen molar-refractivity contribution in [2.24, 2.45) is 0 Å². The molecule has 0 spiro atoms. The summed E-state index contributed by atoms with van der Waals surface area (Å²) < 4.78 is -0.484. The van der Waals surface area contributed by atoms with Gasteiger partial charge in [0.1, 0.15) is 0 Å². The maximum Gasteiger partial charge on any atom is 0.305 e. The summed E-state index contributed by atoms with van der Waals surface area (Å²) in [5.41, 5.74) is 0.944. The van der Waals surface area contributed by atoms with E-state index in [-0.39, 0.29) is 6.42 Å². The van der Waals surface area contributed by atoms with Crippen molar-refractivity contribution in [3.8, 4) is 0 Å². The molecule has 2 nitrogen and oxygen atoms in total. The van der Waals surface area contributed by atoms with Gasteiger partial charge in [-0.3, -0.25) is 4.79 Å². The second-order valence-corrected chi connectivity index (χ2v) is 5.65. The van der Waals surface area contributed by atoms with Crippen LogP contribution in [0.1, 0.15) is 18.4 Å². The van der Waals surface area contributed by atoms with Gasteiger partial charge < -0.3 is 5.11 Å². The Morgan fingerprint density at radius 3 is 2.65 bits per heavy atom. The summed E-state index contributed by atoms with van der Waals surface area (Å²) in [6, 6.07) is 9.64. The van der Waals surface area contributed by atoms with Crippen molar-refractivity contribution in [3.63, 3.8) is 0 Å². The van der Waals surface area contributed by atoms with Gasteiger partial charge in [-0.1, -0.05) is 48.6 Å². The van der Waals surface area contributed by atoms with E-state index in [2.05, 4.69) is 0 Å². The van der Waals surface area contributed by atoms with Crippen LogP contribution in [0.25, 0.3) is 0 Å². The molecule has 4 heteroatoms. The molecule has 1 aromatic carbocycles. The van der Waals surface area contributed by atoms with Crippen LogP contribution < -0.4 is 0 Å². The zero-order valence-corrected chi connectivity index (χ0v) is 10.8. The van der Waals surface area contributed by atoms with Crippen molar-refractivity contribution >= 4 is 34.8 Å². The summed E-state index contributed by atoms with van der Waals surface area (Å²) in [5.74, 6) is -0.806. The van der Waals surface area contributed by atoms with Gasteiger partial charge in [0.2, 0.25) is 0 Å². The van der Waals surface area contributed by atoms with Crippen molar-refractivity contribution in [1.82, 2.24) is 0 Å². The second kappa shape index (κ2) is 5.02. The first-order chi connectivity index (χ1) is 8.14. The molecule has 1 aliphatic heterocycles. The number of hydrogen-bond acceptors (Lipinski definition) is 3. The Morgan fingerprint density at radius 1 is 1.41 bits per heavy atom. The summed E-state index contributed by atoms with van der Waals surface area (Å²) in [7, 11) is 0. The van der Waals surface area contributed by atoms with Gasteiger partial charge in [0.05, 0.1) is 11.2 Å². The van der Waals surface area contributed by atoms with E-state index >= 15 is 0 Å². The predicted octanol–water partition coefficient (Wildman–Crippen LogP) is 3.27. The van der Waals surface area contributed by atoms with E-state index < -0.39 is 10.7 Å². The van der Waals surface area contributed by atoms with Gasteiger partial charge in [-0.25, -0.2) is 0 Å². The van der Waals surface area contributed by atoms with Crippen LogP contribution in [0.4, 0.5) is 0 Å². The van der Waals surface area contributed by atoms with Gasteiger partial charge in [0.25, 0.3) is 0 Å². The Labute approximate surface area is 110 Å². The molecule has 0 saturated heterocycles. The quantitative estimate of drug-likeness (QED) is 0.669. The minimum absolute atomic E-state index is 0.0679. The Hall–Kier alpha value is -1.13. The molecule has 1 N–H and O–H groups in total. The number of hydrogen-bond donors (Lipinski definition) is 1. The van der Waals surface area contributed by atoms with Crippen LogP contribution in [0.15, 0.2) is 41.8 Å². The summed E-state index contributed by atoms with van der Waals surface area (Å²) >= 11 is 7.01. The highest BCUT2D eigenvalue weighted by atomic mass is 32.2. The smallest absolute Gasteiger partial charge is 0.305 e. The highest BCUT2D eigenvalue weighted by molar-refractivity contribution is 8.05. The average Bonchev–Trinajstić information content (AvgIpc) is 2.78. The van der Waals surface area contributed by atoms with Crippen LogP contribution >= 0.6 is 24.0 Å². The maximum absolute atomic E-state index is 11.0. The summed E-state index contributed by atoms with van der Waals surface area (Å²) in [5, 5.41) is 11.0. The minimum atomic E-state index is -0.806. The number of thioether (sulfide) groups is 1. The van der Waals surface area contributed by atoms with Crippen LogP contribution in [0, 0.1) is 0 Å². The van der Waals surface area contributed by atoms with E-state index in [1.54, 1.807) is 0 Å². The van der Waals surface area contributed by atoms with Crippen LogP contribution in [0.3, 0.4) is 0 Å². The molecule has 17 heavy (non-hydrogen) atoms. The van der Waals surface area contributed by atoms with Crippen LogP contribution in [0.5, 0.6) is 0 Å². The Bertz CT molecular complexity index is 458. The minimum Gasteiger partial charge on any atom is -0.481 e. The number of aliphatic carboxylic acids is 1. The van der Waals surface area contributed by atoms with Gasteiger partial charge >= 0.3 is 5.97 Å². The molecule has 88 valence electrons. The molecule has 1 aliphatic rings. The zero-order chi connectivity index (χ0) is 12.3. The molecule has 0 bridgehead atoms. The van der Waals surface area contributed by atoms with Crippen molar-refractivity contribution in [2.45, 2.75) is 17.6 Å². The molecule has 1 atom stereocenters. The molecule has 1 heterocycles. The van der Waals surface area contributed by atoms with E-state index in [0.29, 0.717) is 6.42 Å². The normalized spacial score (nSPS) is 22.6. The molecule has 1 unspecified atom stereocenters. The highest BCUT2D eigenvalue weighted by Crippen LogP contribution is 2.42. The first-order valence-corrected chi connectivity index (χ1v) is 6.57. The Kier molecular flexibility index (Phi) is 3.64. The molecule has 1 aromatic rings. The fourth-order valence-corrected chi connectivity index (χ4v) is 3.42. The SMILES string of the molecule is O=C(O)CC1(C(=S)c2ccccc2)CC=CS1. The number of carboxylic acids is 1. The second-order valence-electron chi connectivity index (χ2n) is 3.95. The Balaban J connectivity index is 2.29. The molecule has 0 amide bonds. The number of allylic oxidation sites excluding steroid dienone is 1. The van der Waals surface area contributed by atoms with E-state index in [4.69, 9.17) is 17.3 Å². The van der Waals surface area contributed by atoms with Crippen LogP contribution in [0.2, 0.25) is 0 Å². The zero-order valence-electron chi connectivity index (χ0n) is 9.13. The molecule has 0 radical (unpaired) electrons. The molecule has 0 fully saturated rings. The van der Waals surface area contributed by atoms with Gasteiger partial charge in [-0.15, -0.1) is 11.8 Å². The van der Waals surface area contributed by atoms with E-state index in [1.165, 1.54) is 11.8 Å². The third-order valence-electron chi connectivity index (χ3n) is 2.72. The van der Waals surface area contributed by atoms with Crippen molar-refractivity contribution in [3.05, 3.63) is 47.4 Å². The lowest BCUT2D eigenvalue weighted by atomic mass is 9.92. The fourth-order valence-electron chi connectivity index (χ4n) is 1.90. The lowest BCUT2D eigenvalue weighted by molar-refractivity contribution is -0.137. The third kappa shape index (κ3) is 2.58. The van der Waals surface area contributed by atoms with Gasteiger partial charge in [0.15, 0.2) is 0 Å². The standard InChI is InChI=1S/C13H12O2S2/c14-11(15)9-13(7-4-8-17-13)12(16)10-5-2-1-3-6-10/h1-6,8H,7,9H2,(H,14,15). The lowest BCUT2D eigenvalue weighted by Gasteiger charge is -2.27. The number of rotatable bonds is 4. The number of carbonyl (C=O) groups is 1.